The number of hydrogen-bond donors (Lipinski definition) is 2. The van der Waals surface area contributed by atoms with Gasteiger partial charge in [0, 0.05) is 23.5 Å². The van der Waals surface area contributed by atoms with E-state index in [4.69, 9.17) is 0 Å². The molecule has 0 spiro atoms. The number of nitrogens with one attached hydrogen (secondary N) is 2. The van der Waals surface area contributed by atoms with E-state index in [2.05, 4.69) is 38.7 Å². The van der Waals surface area contributed by atoms with Gasteiger partial charge in [0.2, 0.25) is 0 Å². The molecule has 0 saturated heterocycles. The Kier molecular flexibility index (Phi) is 7.96. The maximum atomic E-state index is 9.74. The second-order valence-corrected chi connectivity index (χ2v) is 9.53. The monoisotopic (exact) mass is 451 g/mol. The highest BCUT2D eigenvalue weighted by molar-refractivity contribution is 6.28. The van der Waals surface area contributed by atoms with Gasteiger partial charge in [-0.2, -0.15) is 5.26 Å². The predicted octanol–water partition coefficient (Wildman–Crippen LogP) is 6.52. The number of hydrogen-bond acceptors (Lipinski definition) is 4. The molecule has 0 saturated carbocycles. The Bertz CT molecular complexity index is 1190. The van der Waals surface area contributed by atoms with Crippen LogP contribution in [0.15, 0.2) is 60.9 Å². The van der Waals surface area contributed by atoms with Crippen molar-refractivity contribution in [2.24, 2.45) is 11.8 Å². The van der Waals surface area contributed by atoms with E-state index in [0.29, 0.717) is 23.0 Å². The summed E-state index contributed by atoms with van der Waals surface area (Å²) >= 11 is 0. The molecule has 2 aromatic carbocycles. The SMILES string of the molecule is Cc1ccccc1C(=N)N(C(=N)c1ccncc1)c1c(CC(C)C)cc(C#N)cc1CC(C)C. The number of pyridine rings is 1. The summed E-state index contributed by atoms with van der Waals surface area (Å²) in [6.07, 6.45) is 4.83. The zero-order chi connectivity index (χ0) is 24.8. The fourth-order valence-corrected chi connectivity index (χ4v) is 4.24. The molecule has 0 aliphatic rings. The summed E-state index contributed by atoms with van der Waals surface area (Å²) < 4.78 is 0. The molecule has 3 rings (SSSR count). The summed E-state index contributed by atoms with van der Waals surface area (Å²) in [6, 6.07) is 17.6. The zero-order valence-corrected chi connectivity index (χ0v) is 20.7. The Balaban J connectivity index is 2.34. The van der Waals surface area contributed by atoms with Crippen LogP contribution in [0.1, 0.15) is 61.1 Å². The molecule has 174 valence electrons. The first-order valence-corrected chi connectivity index (χ1v) is 11.7. The van der Waals surface area contributed by atoms with Crippen LogP contribution in [0.25, 0.3) is 0 Å². The van der Waals surface area contributed by atoms with Crippen molar-refractivity contribution in [3.63, 3.8) is 0 Å². The third-order valence-electron chi connectivity index (χ3n) is 5.68. The van der Waals surface area contributed by atoms with E-state index in [1.165, 1.54) is 0 Å². The van der Waals surface area contributed by atoms with Crippen LogP contribution in [-0.4, -0.2) is 16.7 Å². The maximum Gasteiger partial charge on any atom is 0.138 e. The number of anilines is 1. The summed E-state index contributed by atoms with van der Waals surface area (Å²) in [5, 5.41) is 28.3. The Morgan fingerprint density at radius 1 is 0.912 bits per heavy atom. The van der Waals surface area contributed by atoms with E-state index in [1.807, 2.05) is 43.3 Å². The molecule has 1 aromatic heterocycles. The molecule has 0 unspecified atom stereocenters. The average Bonchev–Trinajstić information content (AvgIpc) is 2.80. The smallest absolute Gasteiger partial charge is 0.138 e. The molecule has 0 bridgehead atoms. The molecule has 0 fully saturated rings. The van der Waals surface area contributed by atoms with E-state index in [0.717, 1.165) is 40.8 Å². The van der Waals surface area contributed by atoms with Crippen molar-refractivity contribution >= 4 is 17.4 Å². The van der Waals surface area contributed by atoms with Crippen LogP contribution in [0.2, 0.25) is 0 Å². The minimum atomic E-state index is 0.218. The first-order valence-electron chi connectivity index (χ1n) is 11.7. The third-order valence-corrected chi connectivity index (χ3v) is 5.68. The second-order valence-electron chi connectivity index (χ2n) is 9.53. The first-order chi connectivity index (χ1) is 16.2. The summed E-state index contributed by atoms with van der Waals surface area (Å²) in [6.45, 7) is 10.6. The zero-order valence-electron chi connectivity index (χ0n) is 20.7. The topological polar surface area (TPSA) is 87.6 Å². The number of benzene rings is 2. The van der Waals surface area contributed by atoms with Gasteiger partial charge in [-0.25, -0.2) is 0 Å². The normalized spacial score (nSPS) is 10.9. The van der Waals surface area contributed by atoms with Crippen LogP contribution in [0.5, 0.6) is 0 Å². The van der Waals surface area contributed by atoms with Crippen molar-refractivity contribution in [3.05, 3.63) is 94.3 Å². The van der Waals surface area contributed by atoms with Crippen LogP contribution in [0.4, 0.5) is 5.69 Å². The minimum absolute atomic E-state index is 0.218. The molecule has 0 atom stereocenters. The minimum Gasteiger partial charge on any atom is -0.284 e. The summed E-state index contributed by atoms with van der Waals surface area (Å²) in [4.78, 5) is 5.87. The van der Waals surface area contributed by atoms with Gasteiger partial charge in [0.25, 0.3) is 0 Å². The summed E-state index contributed by atoms with van der Waals surface area (Å²) in [5.41, 5.74) is 5.87. The molecule has 5 heteroatoms. The van der Waals surface area contributed by atoms with Crippen molar-refractivity contribution in [2.45, 2.75) is 47.5 Å². The van der Waals surface area contributed by atoms with Gasteiger partial charge in [0.1, 0.15) is 11.7 Å². The Morgan fingerprint density at radius 3 is 1.97 bits per heavy atom. The molecule has 3 aromatic rings. The molecule has 5 nitrogen and oxygen atoms in total. The molecular formula is C29H33N5. The van der Waals surface area contributed by atoms with E-state index < -0.39 is 0 Å². The lowest BCUT2D eigenvalue weighted by Crippen LogP contribution is -2.39. The van der Waals surface area contributed by atoms with Gasteiger partial charge >= 0.3 is 0 Å². The van der Waals surface area contributed by atoms with Crippen molar-refractivity contribution in [1.82, 2.24) is 4.98 Å². The van der Waals surface area contributed by atoms with E-state index in [-0.39, 0.29) is 11.7 Å². The standard InChI is InChI=1S/C29H33N5/c1-19(2)14-24-16-22(18-30)17-25(15-20(3)4)27(24)34(28(31)23-10-12-33-13-11-23)29(32)26-9-7-6-8-21(26)5/h6-13,16-17,19-20,31-32H,14-15H2,1-5H3. The fourth-order valence-electron chi connectivity index (χ4n) is 4.24. The quantitative estimate of drug-likeness (QED) is 0.317. The molecule has 34 heavy (non-hydrogen) atoms. The molecule has 2 N–H and O–H groups in total. The number of amidine groups is 2. The first kappa shape index (κ1) is 24.9. The Labute approximate surface area is 203 Å². The van der Waals surface area contributed by atoms with Gasteiger partial charge in [-0.05, 0) is 72.6 Å². The van der Waals surface area contributed by atoms with Gasteiger partial charge in [0.05, 0.1) is 17.3 Å². The van der Waals surface area contributed by atoms with Crippen LogP contribution >= 0.6 is 0 Å². The van der Waals surface area contributed by atoms with Crippen molar-refractivity contribution in [3.8, 4) is 6.07 Å². The van der Waals surface area contributed by atoms with Crippen LogP contribution in [0, 0.1) is 40.9 Å². The average molecular weight is 452 g/mol. The lowest BCUT2D eigenvalue weighted by atomic mass is 9.90. The van der Waals surface area contributed by atoms with Gasteiger partial charge < -0.3 is 0 Å². The predicted molar refractivity (Wildman–Crippen MR) is 140 cm³/mol. The third kappa shape index (κ3) is 5.58. The van der Waals surface area contributed by atoms with Crippen LogP contribution < -0.4 is 4.90 Å². The van der Waals surface area contributed by atoms with Crippen LogP contribution in [0.3, 0.4) is 0 Å². The number of aromatic nitrogens is 1. The Morgan fingerprint density at radius 2 is 1.47 bits per heavy atom. The van der Waals surface area contributed by atoms with Gasteiger partial charge in [0.15, 0.2) is 0 Å². The maximum absolute atomic E-state index is 9.74. The van der Waals surface area contributed by atoms with Crippen molar-refractivity contribution in [1.29, 1.82) is 16.1 Å². The number of rotatable bonds is 7. The highest BCUT2D eigenvalue weighted by Crippen LogP contribution is 2.34. The van der Waals surface area contributed by atoms with E-state index in [9.17, 15) is 16.1 Å². The molecule has 1 heterocycles. The lowest BCUT2D eigenvalue weighted by molar-refractivity contribution is 0.636. The van der Waals surface area contributed by atoms with Gasteiger partial charge in [-0.1, -0.05) is 52.0 Å². The fraction of sp³-hybridized carbons (Fsp3) is 0.310. The number of nitrogens with zero attached hydrogens (tertiary/aromatic N) is 3. The second kappa shape index (κ2) is 10.9. The van der Waals surface area contributed by atoms with Crippen molar-refractivity contribution in [2.75, 3.05) is 4.90 Å². The van der Waals surface area contributed by atoms with Crippen LogP contribution in [-0.2, 0) is 12.8 Å². The largest absolute Gasteiger partial charge is 0.284 e. The molecule has 0 aliphatic heterocycles. The summed E-state index contributed by atoms with van der Waals surface area (Å²) in [5.74, 6) is 1.17. The molecule has 0 aliphatic carbocycles. The number of aryl methyl sites for hydroxylation is 1. The highest BCUT2D eigenvalue weighted by atomic mass is 15.2. The molecule has 0 amide bonds. The van der Waals surface area contributed by atoms with Crippen molar-refractivity contribution < 1.29 is 0 Å². The molecular weight excluding hydrogens is 418 g/mol. The molecule has 0 radical (unpaired) electrons. The van der Waals surface area contributed by atoms with E-state index >= 15 is 0 Å². The number of nitriles is 1. The highest BCUT2D eigenvalue weighted by Gasteiger charge is 2.27. The Hall–Kier alpha value is -3.78. The summed E-state index contributed by atoms with van der Waals surface area (Å²) in [7, 11) is 0. The lowest BCUT2D eigenvalue weighted by Gasteiger charge is -2.32. The van der Waals surface area contributed by atoms with Gasteiger partial charge in [-0.15, -0.1) is 0 Å². The van der Waals surface area contributed by atoms with Gasteiger partial charge in [-0.3, -0.25) is 20.7 Å². The van der Waals surface area contributed by atoms with E-state index in [1.54, 1.807) is 29.4 Å².